The molecule has 26 heavy (non-hydrogen) atoms. The van der Waals surface area contributed by atoms with Crippen molar-refractivity contribution in [3.63, 3.8) is 0 Å². The first kappa shape index (κ1) is 17.1. The highest BCUT2D eigenvalue weighted by molar-refractivity contribution is 5.79. The normalized spacial score (nSPS) is 15.8. The average Bonchev–Trinajstić information content (AvgIpc) is 3.29. The number of benzene rings is 2. The van der Waals surface area contributed by atoms with E-state index in [0.29, 0.717) is 5.92 Å². The zero-order valence-electron chi connectivity index (χ0n) is 15.6. The molecule has 0 spiro atoms. The van der Waals surface area contributed by atoms with E-state index in [4.69, 9.17) is 0 Å². The summed E-state index contributed by atoms with van der Waals surface area (Å²) in [4.78, 5) is 0. The Morgan fingerprint density at radius 1 is 0.846 bits per heavy atom. The van der Waals surface area contributed by atoms with Crippen LogP contribution in [0, 0.1) is 5.92 Å². The van der Waals surface area contributed by atoms with Crippen LogP contribution in [0.1, 0.15) is 54.4 Å². The van der Waals surface area contributed by atoms with Crippen LogP contribution in [0.15, 0.2) is 73.3 Å². The van der Waals surface area contributed by atoms with Crippen LogP contribution in [-0.4, -0.2) is 0 Å². The van der Waals surface area contributed by atoms with Gasteiger partial charge in [-0.25, -0.2) is 0 Å². The molecule has 0 amide bonds. The molecule has 0 bridgehead atoms. The molecule has 2 aliphatic rings. The summed E-state index contributed by atoms with van der Waals surface area (Å²) in [6, 6.07) is 17.9. The summed E-state index contributed by atoms with van der Waals surface area (Å²) in [5.74, 6) is 0.626. The van der Waals surface area contributed by atoms with Crippen LogP contribution in [-0.2, 0) is 12.8 Å². The van der Waals surface area contributed by atoms with E-state index in [1.165, 1.54) is 47.9 Å². The monoisotopic (exact) mass is 340 g/mol. The molecule has 0 heterocycles. The lowest BCUT2D eigenvalue weighted by Gasteiger charge is -2.21. The third-order valence-electron chi connectivity index (χ3n) is 5.92. The lowest BCUT2D eigenvalue weighted by molar-refractivity contribution is 0.569. The van der Waals surface area contributed by atoms with Crippen molar-refractivity contribution in [1.82, 2.24) is 0 Å². The third kappa shape index (κ3) is 3.46. The van der Waals surface area contributed by atoms with Crippen molar-refractivity contribution < 1.29 is 0 Å². The van der Waals surface area contributed by atoms with Gasteiger partial charge in [0.15, 0.2) is 0 Å². The minimum absolute atomic E-state index is 0.626. The van der Waals surface area contributed by atoms with Crippen LogP contribution in [0.5, 0.6) is 0 Å². The van der Waals surface area contributed by atoms with Crippen LogP contribution in [0.2, 0.25) is 0 Å². The maximum Gasteiger partial charge on any atom is -0.00853 e. The van der Waals surface area contributed by atoms with Gasteiger partial charge in [0, 0.05) is 0 Å². The van der Waals surface area contributed by atoms with Gasteiger partial charge in [-0.2, -0.15) is 0 Å². The lowest BCUT2D eigenvalue weighted by Crippen LogP contribution is -2.05. The topological polar surface area (TPSA) is 0 Å². The maximum atomic E-state index is 3.87. The Kier molecular flexibility index (Phi) is 5.20. The minimum Gasteiger partial charge on any atom is -0.103 e. The van der Waals surface area contributed by atoms with E-state index < -0.39 is 0 Å². The molecule has 2 aromatic rings. The molecule has 2 aliphatic carbocycles. The third-order valence-corrected chi connectivity index (χ3v) is 5.92. The molecule has 132 valence electrons. The largest absolute Gasteiger partial charge is 0.103 e. The number of unbranched alkanes of at least 4 members (excludes halogenated alkanes) is 2. The number of fused-ring (bicyclic) bond motifs is 2. The summed E-state index contributed by atoms with van der Waals surface area (Å²) >= 11 is 0. The molecular formula is C26H28. The Hall–Kier alpha value is -2.34. The Bertz CT molecular complexity index is 850. The highest BCUT2D eigenvalue weighted by atomic mass is 14.3. The highest BCUT2D eigenvalue weighted by Crippen LogP contribution is 2.41. The number of hydrogen-bond acceptors (Lipinski definition) is 0. The Labute approximate surface area is 158 Å². The van der Waals surface area contributed by atoms with Crippen molar-refractivity contribution in [2.45, 2.75) is 44.9 Å². The zero-order valence-corrected chi connectivity index (χ0v) is 15.6. The van der Waals surface area contributed by atoms with Gasteiger partial charge in [-0.05, 0) is 77.8 Å². The van der Waals surface area contributed by atoms with Gasteiger partial charge in [0.05, 0.1) is 0 Å². The standard InChI is InChI=1S/C26H28/c1-2-3-4-5-12-22(26-18-17-21-11-7-9-14-25(21)26)19-23-16-15-20-10-6-8-13-24(20)23/h2,6-11,13-14,16,18,22H,1,3-5,12,15,17,19H2. The predicted molar refractivity (Wildman–Crippen MR) is 113 cm³/mol. The quantitative estimate of drug-likeness (QED) is 0.358. The molecule has 4 rings (SSSR count). The van der Waals surface area contributed by atoms with Crippen LogP contribution < -0.4 is 0 Å². The molecule has 1 atom stereocenters. The van der Waals surface area contributed by atoms with E-state index in [0.717, 1.165) is 19.3 Å². The Morgan fingerprint density at radius 2 is 1.54 bits per heavy atom. The molecule has 0 aliphatic heterocycles. The summed E-state index contributed by atoms with van der Waals surface area (Å²) in [6.07, 6.45) is 15.3. The molecule has 0 nitrogen and oxygen atoms in total. The van der Waals surface area contributed by atoms with Crippen LogP contribution in [0.3, 0.4) is 0 Å². The van der Waals surface area contributed by atoms with Gasteiger partial charge in [-0.15, -0.1) is 6.58 Å². The van der Waals surface area contributed by atoms with Crippen LogP contribution >= 0.6 is 0 Å². The van der Waals surface area contributed by atoms with E-state index in [1.807, 2.05) is 0 Å². The first-order valence-electron chi connectivity index (χ1n) is 10.0. The van der Waals surface area contributed by atoms with Gasteiger partial charge in [-0.1, -0.05) is 73.2 Å². The van der Waals surface area contributed by atoms with Gasteiger partial charge in [0.25, 0.3) is 0 Å². The van der Waals surface area contributed by atoms with E-state index in [-0.39, 0.29) is 0 Å². The Balaban J connectivity index is 1.55. The van der Waals surface area contributed by atoms with Gasteiger partial charge >= 0.3 is 0 Å². The summed E-state index contributed by atoms with van der Waals surface area (Å²) in [7, 11) is 0. The number of hydrogen-bond donors (Lipinski definition) is 0. The first-order chi connectivity index (χ1) is 12.9. The fourth-order valence-corrected chi connectivity index (χ4v) is 4.56. The van der Waals surface area contributed by atoms with Gasteiger partial charge in [0.1, 0.15) is 0 Å². The second kappa shape index (κ2) is 7.91. The summed E-state index contributed by atoms with van der Waals surface area (Å²) < 4.78 is 0. The van der Waals surface area contributed by atoms with E-state index in [2.05, 4.69) is 73.3 Å². The SMILES string of the molecule is C=CCCCCC(CC1=CCc2ccccc21)C1=CCc2ccccc21. The predicted octanol–water partition coefficient (Wildman–Crippen LogP) is 7.02. The first-order valence-corrected chi connectivity index (χ1v) is 10.0. The fraction of sp³-hybridized carbons (Fsp3) is 0.308. The van der Waals surface area contributed by atoms with E-state index in [1.54, 1.807) is 11.1 Å². The van der Waals surface area contributed by atoms with Crippen molar-refractivity contribution in [1.29, 1.82) is 0 Å². The van der Waals surface area contributed by atoms with Crippen molar-refractivity contribution in [3.05, 3.63) is 95.6 Å². The van der Waals surface area contributed by atoms with Crippen molar-refractivity contribution >= 4 is 11.1 Å². The van der Waals surface area contributed by atoms with E-state index in [9.17, 15) is 0 Å². The molecule has 0 heteroatoms. The van der Waals surface area contributed by atoms with Crippen molar-refractivity contribution in [2.75, 3.05) is 0 Å². The lowest BCUT2D eigenvalue weighted by atomic mass is 9.83. The van der Waals surface area contributed by atoms with Gasteiger partial charge < -0.3 is 0 Å². The molecule has 0 fully saturated rings. The second-order valence-electron chi connectivity index (χ2n) is 7.59. The van der Waals surface area contributed by atoms with Crippen molar-refractivity contribution in [3.8, 4) is 0 Å². The zero-order chi connectivity index (χ0) is 17.8. The molecule has 0 saturated heterocycles. The molecule has 1 unspecified atom stereocenters. The Morgan fingerprint density at radius 3 is 2.35 bits per heavy atom. The van der Waals surface area contributed by atoms with E-state index >= 15 is 0 Å². The summed E-state index contributed by atoms with van der Waals surface area (Å²) in [5, 5.41) is 0. The molecule has 0 N–H and O–H groups in total. The van der Waals surface area contributed by atoms with Crippen molar-refractivity contribution in [2.24, 2.45) is 5.92 Å². The molecule has 0 saturated carbocycles. The smallest absolute Gasteiger partial charge is 0.00853 e. The molecule has 0 radical (unpaired) electrons. The summed E-state index contributed by atoms with van der Waals surface area (Å²) in [6.45, 7) is 3.87. The fourth-order valence-electron chi connectivity index (χ4n) is 4.56. The molecular weight excluding hydrogens is 312 g/mol. The summed E-state index contributed by atoms with van der Waals surface area (Å²) in [5.41, 5.74) is 9.11. The van der Waals surface area contributed by atoms with Gasteiger partial charge in [-0.3, -0.25) is 0 Å². The minimum atomic E-state index is 0.626. The van der Waals surface area contributed by atoms with Crippen LogP contribution in [0.4, 0.5) is 0 Å². The molecule has 0 aromatic heterocycles. The number of allylic oxidation sites excluding steroid dienone is 5. The number of rotatable bonds is 8. The van der Waals surface area contributed by atoms with Gasteiger partial charge in [0.2, 0.25) is 0 Å². The average molecular weight is 341 g/mol. The van der Waals surface area contributed by atoms with Crippen LogP contribution in [0.25, 0.3) is 11.1 Å². The molecule has 2 aromatic carbocycles. The maximum absolute atomic E-state index is 3.87. The highest BCUT2D eigenvalue weighted by Gasteiger charge is 2.24. The second-order valence-corrected chi connectivity index (χ2v) is 7.59.